The van der Waals surface area contributed by atoms with E-state index in [9.17, 15) is 4.79 Å². The number of fused-ring (bicyclic) bond motifs is 1. The van der Waals surface area contributed by atoms with Gasteiger partial charge in [0.2, 0.25) is 0 Å². The maximum absolute atomic E-state index is 13.4. The zero-order valence-electron chi connectivity index (χ0n) is 14.4. The molecule has 1 saturated heterocycles. The van der Waals surface area contributed by atoms with E-state index in [-0.39, 0.29) is 11.9 Å². The lowest BCUT2D eigenvalue weighted by molar-refractivity contribution is 0.0586. The Morgan fingerprint density at radius 1 is 1.24 bits per heavy atom. The summed E-state index contributed by atoms with van der Waals surface area (Å²) in [6.07, 6.45) is 6.99. The molecule has 3 aromatic rings. The highest BCUT2D eigenvalue weighted by Gasteiger charge is 2.29. The molecular formula is C20H22N4O. The van der Waals surface area contributed by atoms with Gasteiger partial charge < -0.3 is 4.90 Å². The predicted molar refractivity (Wildman–Crippen MR) is 97.4 cm³/mol. The first-order valence-corrected chi connectivity index (χ1v) is 8.87. The number of pyridine rings is 1. The van der Waals surface area contributed by atoms with E-state index in [0.29, 0.717) is 0 Å². The number of nitrogens with zero attached hydrogens (tertiary/aromatic N) is 4. The summed E-state index contributed by atoms with van der Waals surface area (Å²) in [4.78, 5) is 20.0. The van der Waals surface area contributed by atoms with Gasteiger partial charge in [-0.05, 0) is 44.4 Å². The van der Waals surface area contributed by atoms with Crippen molar-refractivity contribution < 1.29 is 4.79 Å². The van der Waals surface area contributed by atoms with E-state index in [2.05, 4.69) is 10.1 Å². The molecule has 5 nitrogen and oxygen atoms in total. The normalized spacial score (nSPS) is 17.8. The quantitative estimate of drug-likeness (QED) is 0.737. The minimum absolute atomic E-state index is 0.110. The van der Waals surface area contributed by atoms with Gasteiger partial charge in [0, 0.05) is 30.0 Å². The standard InChI is InChI=1S/C20H22N4O/c1-15-13-18(17-8-2-3-9-19(17)22-15)20(25)24-12-5-4-7-16(24)14-23-11-6-10-21-23/h2-3,6,8-11,13,16H,4-5,7,12,14H2,1H3/t16-/m0/s1. The molecule has 0 N–H and O–H groups in total. The second-order valence-corrected chi connectivity index (χ2v) is 6.70. The molecule has 1 aliphatic heterocycles. The van der Waals surface area contributed by atoms with Crippen molar-refractivity contribution in [2.75, 3.05) is 6.54 Å². The predicted octanol–water partition coefficient (Wildman–Crippen LogP) is 3.43. The highest BCUT2D eigenvalue weighted by Crippen LogP contribution is 2.25. The second kappa shape index (κ2) is 6.67. The zero-order valence-corrected chi connectivity index (χ0v) is 14.4. The zero-order chi connectivity index (χ0) is 17.2. The summed E-state index contributed by atoms with van der Waals surface area (Å²) in [5, 5.41) is 5.24. The van der Waals surface area contributed by atoms with Crippen molar-refractivity contribution in [1.29, 1.82) is 0 Å². The Morgan fingerprint density at radius 2 is 2.12 bits per heavy atom. The molecule has 3 heterocycles. The number of piperidine rings is 1. The van der Waals surface area contributed by atoms with Crippen molar-refractivity contribution in [3.63, 3.8) is 0 Å². The van der Waals surface area contributed by atoms with Crippen LogP contribution in [0.2, 0.25) is 0 Å². The van der Waals surface area contributed by atoms with Crippen LogP contribution in [0.15, 0.2) is 48.8 Å². The van der Waals surface area contributed by atoms with Gasteiger partial charge in [0.1, 0.15) is 0 Å². The number of hydrogen-bond donors (Lipinski definition) is 0. The number of aromatic nitrogens is 3. The fraction of sp³-hybridized carbons (Fsp3) is 0.350. The Balaban J connectivity index is 1.69. The number of likely N-dealkylation sites (tertiary alicyclic amines) is 1. The Hall–Kier alpha value is -2.69. The summed E-state index contributed by atoms with van der Waals surface area (Å²) in [7, 11) is 0. The first-order valence-electron chi connectivity index (χ1n) is 8.87. The number of para-hydroxylation sites is 1. The van der Waals surface area contributed by atoms with Crippen LogP contribution in [-0.2, 0) is 6.54 Å². The summed E-state index contributed by atoms with van der Waals surface area (Å²) in [5.41, 5.74) is 2.52. The Labute approximate surface area is 147 Å². The summed E-state index contributed by atoms with van der Waals surface area (Å²) in [5.74, 6) is 0.110. The molecule has 1 aromatic carbocycles. The van der Waals surface area contributed by atoms with Gasteiger partial charge in [0.25, 0.3) is 5.91 Å². The van der Waals surface area contributed by atoms with Crippen molar-refractivity contribution in [2.45, 2.75) is 38.8 Å². The number of amides is 1. The van der Waals surface area contributed by atoms with Crippen molar-refractivity contribution in [3.05, 3.63) is 60.0 Å². The minimum atomic E-state index is 0.110. The summed E-state index contributed by atoms with van der Waals surface area (Å²) in [6, 6.07) is 11.9. The fourth-order valence-electron chi connectivity index (χ4n) is 3.72. The Kier molecular flexibility index (Phi) is 4.22. The molecule has 5 heteroatoms. The maximum atomic E-state index is 13.4. The van der Waals surface area contributed by atoms with Crippen LogP contribution in [0.1, 0.15) is 35.3 Å². The van der Waals surface area contributed by atoms with Gasteiger partial charge in [-0.25, -0.2) is 0 Å². The van der Waals surface area contributed by atoms with Crippen molar-refractivity contribution >= 4 is 16.8 Å². The van der Waals surface area contributed by atoms with Crippen molar-refractivity contribution in [1.82, 2.24) is 19.7 Å². The SMILES string of the molecule is Cc1cc(C(=O)N2CCCC[C@H]2Cn2cccn2)c2ccccc2n1. The first-order chi connectivity index (χ1) is 12.2. The van der Waals surface area contributed by atoms with Crippen LogP contribution < -0.4 is 0 Å². The third-order valence-corrected chi connectivity index (χ3v) is 4.92. The smallest absolute Gasteiger partial charge is 0.254 e. The summed E-state index contributed by atoms with van der Waals surface area (Å²) >= 11 is 0. The maximum Gasteiger partial charge on any atom is 0.254 e. The average Bonchev–Trinajstić information content (AvgIpc) is 3.14. The van der Waals surface area contributed by atoms with E-state index in [1.165, 1.54) is 0 Å². The van der Waals surface area contributed by atoms with Gasteiger partial charge >= 0.3 is 0 Å². The van der Waals surface area contributed by atoms with Crippen LogP contribution in [-0.4, -0.2) is 38.2 Å². The molecule has 0 unspecified atom stereocenters. The molecule has 1 amide bonds. The van der Waals surface area contributed by atoms with Crippen LogP contribution in [0.4, 0.5) is 0 Å². The van der Waals surface area contributed by atoms with E-state index < -0.39 is 0 Å². The monoisotopic (exact) mass is 334 g/mol. The lowest BCUT2D eigenvalue weighted by Gasteiger charge is -2.36. The molecule has 1 atom stereocenters. The van der Waals surface area contributed by atoms with Crippen LogP contribution >= 0.6 is 0 Å². The topological polar surface area (TPSA) is 51.0 Å². The molecule has 4 rings (SSSR count). The molecule has 0 radical (unpaired) electrons. The molecule has 2 aromatic heterocycles. The number of carbonyl (C=O) groups is 1. The van der Waals surface area contributed by atoms with Crippen LogP contribution in [0.3, 0.4) is 0 Å². The fourth-order valence-corrected chi connectivity index (χ4v) is 3.72. The van der Waals surface area contributed by atoms with Crippen molar-refractivity contribution in [3.8, 4) is 0 Å². The van der Waals surface area contributed by atoms with E-state index in [4.69, 9.17) is 0 Å². The first kappa shape index (κ1) is 15.8. The lowest BCUT2D eigenvalue weighted by atomic mass is 9.99. The molecular weight excluding hydrogens is 312 g/mol. The molecule has 25 heavy (non-hydrogen) atoms. The minimum Gasteiger partial charge on any atom is -0.334 e. The van der Waals surface area contributed by atoms with Gasteiger partial charge in [-0.3, -0.25) is 14.5 Å². The van der Waals surface area contributed by atoms with Crippen LogP contribution in [0.5, 0.6) is 0 Å². The van der Waals surface area contributed by atoms with E-state index >= 15 is 0 Å². The van der Waals surface area contributed by atoms with Crippen LogP contribution in [0.25, 0.3) is 10.9 Å². The number of hydrogen-bond acceptors (Lipinski definition) is 3. The largest absolute Gasteiger partial charge is 0.334 e. The number of carbonyl (C=O) groups excluding carboxylic acids is 1. The molecule has 0 bridgehead atoms. The third-order valence-electron chi connectivity index (χ3n) is 4.92. The third kappa shape index (κ3) is 3.14. The Morgan fingerprint density at radius 3 is 2.96 bits per heavy atom. The average molecular weight is 334 g/mol. The number of aryl methyl sites for hydroxylation is 1. The van der Waals surface area contributed by atoms with Gasteiger partial charge in [-0.2, -0.15) is 5.10 Å². The Bertz CT molecular complexity index is 888. The highest BCUT2D eigenvalue weighted by molar-refractivity contribution is 6.06. The van der Waals surface area contributed by atoms with Crippen molar-refractivity contribution in [2.24, 2.45) is 0 Å². The molecule has 0 aliphatic carbocycles. The lowest BCUT2D eigenvalue weighted by Crippen LogP contribution is -2.46. The van der Waals surface area contributed by atoms with Gasteiger partial charge in [-0.1, -0.05) is 18.2 Å². The van der Waals surface area contributed by atoms with Crippen LogP contribution in [0, 0.1) is 6.92 Å². The highest BCUT2D eigenvalue weighted by atomic mass is 16.2. The van der Waals surface area contributed by atoms with Gasteiger partial charge in [-0.15, -0.1) is 0 Å². The van der Waals surface area contributed by atoms with E-state index in [0.717, 1.165) is 54.5 Å². The molecule has 1 aliphatic rings. The number of rotatable bonds is 3. The van der Waals surface area contributed by atoms with Gasteiger partial charge in [0.05, 0.1) is 23.7 Å². The molecule has 0 saturated carbocycles. The van der Waals surface area contributed by atoms with Gasteiger partial charge in [0.15, 0.2) is 0 Å². The summed E-state index contributed by atoms with van der Waals surface area (Å²) in [6.45, 7) is 3.50. The molecule has 0 spiro atoms. The molecule has 128 valence electrons. The van der Waals surface area contributed by atoms with E-state index in [1.807, 2.05) is 59.1 Å². The van der Waals surface area contributed by atoms with E-state index in [1.54, 1.807) is 6.20 Å². The molecule has 1 fully saturated rings. The number of benzene rings is 1. The second-order valence-electron chi connectivity index (χ2n) is 6.70. The summed E-state index contributed by atoms with van der Waals surface area (Å²) < 4.78 is 1.92.